The SMILES string of the molecule is O=C(Nc1nnc([C@H]2CCCO2)s1)c1ccc(F)cc1. The van der Waals surface area contributed by atoms with Crippen molar-refractivity contribution in [1.29, 1.82) is 0 Å². The lowest BCUT2D eigenvalue weighted by molar-refractivity contribution is 0.102. The number of nitrogens with zero attached hydrogens (tertiary/aromatic N) is 2. The van der Waals surface area contributed by atoms with Gasteiger partial charge < -0.3 is 4.74 Å². The molecule has 0 radical (unpaired) electrons. The Labute approximate surface area is 118 Å². The molecule has 1 N–H and O–H groups in total. The second kappa shape index (κ2) is 5.64. The van der Waals surface area contributed by atoms with E-state index in [1.54, 1.807) is 0 Å². The minimum Gasteiger partial charge on any atom is -0.371 e. The van der Waals surface area contributed by atoms with Crippen molar-refractivity contribution in [2.75, 3.05) is 11.9 Å². The molecule has 1 aromatic heterocycles. The maximum atomic E-state index is 12.8. The van der Waals surface area contributed by atoms with E-state index in [1.165, 1.54) is 35.6 Å². The molecule has 20 heavy (non-hydrogen) atoms. The molecule has 3 rings (SSSR count). The third kappa shape index (κ3) is 2.83. The van der Waals surface area contributed by atoms with Gasteiger partial charge in [-0.1, -0.05) is 11.3 Å². The maximum absolute atomic E-state index is 12.8. The fourth-order valence-corrected chi connectivity index (χ4v) is 2.78. The summed E-state index contributed by atoms with van der Waals surface area (Å²) in [7, 11) is 0. The summed E-state index contributed by atoms with van der Waals surface area (Å²) in [5, 5.41) is 11.8. The van der Waals surface area contributed by atoms with E-state index in [-0.39, 0.29) is 17.8 Å². The Morgan fingerprint density at radius 2 is 2.15 bits per heavy atom. The second-order valence-corrected chi connectivity index (χ2v) is 5.42. The lowest BCUT2D eigenvalue weighted by atomic mass is 10.2. The summed E-state index contributed by atoms with van der Waals surface area (Å²) in [6.07, 6.45) is 1.94. The molecule has 2 aromatic rings. The van der Waals surface area contributed by atoms with Crippen molar-refractivity contribution < 1.29 is 13.9 Å². The van der Waals surface area contributed by atoms with Gasteiger partial charge in [0.25, 0.3) is 5.91 Å². The Hall–Kier alpha value is -1.86. The molecule has 0 aliphatic carbocycles. The zero-order chi connectivity index (χ0) is 13.9. The summed E-state index contributed by atoms with van der Waals surface area (Å²) in [6.45, 7) is 0.738. The molecule has 1 fully saturated rings. The van der Waals surface area contributed by atoms with Crippen LogP contribution < -0.4 is 5.32 Å². The zero-order valence-corrected chi connectivity index (χ0v) is 11.3. The summed E-state index contributed by atoms with van der Waals surface area (Å²) in [5.74, 6) is -0.710. The van der Waals surface area contributed by atoms with E-state index >= 15 is 0 Å². The monoisotopic (exact) mass is 293 g/mol. The normalized spacial score (nSPS) is 18.1. The minimum absolute atomic E-state index is 0.0102. The average Bonchev–Trinajstić information content (AvgIpc) is 3.09. The van der Waals surface area contributed by atoms with Gasteiger partial charge in [0, 0.05) is 12.2 Å². The van der Waals surface area contributed by atoms with Gasteiger partial charge in [0.05, 0.1) is 0 Å². The van der Waals surface area contributed by atoms with Gasteiger partial charge in [0.2, 0.25) is 5.13 Å². The lowest BCUT2D eigenvalue weighted by Crippen LogP contribution is -2.11. The van der Waals surface area contributed by atoms with Crippen molar-refractivity contribution >= 4 is 22.4 Å². The topological polar surface area (TPSA) is 64.1 Å². The number of benzene rings is 1. The summed E-state index contributed by atoms with van der Waals surface area (Å²) in [6, 6.07) is 5.33. The van der Waals surface area contributed by atoms with Crippen LogP contribution in [-0.2, 0) is 4.74 Å². The molecular formula is C13H12FN3O2S. The fraction of sp³-hybridized carbons (Fsp3) is 0.308. The first kappa shape index (κ1) is 13.1. The van der Waals surface area contributed by atoms with E-state index in [4.69, 9.17) is 4.74 Å². The van der Waals surface area contributed by atoms with Crippen molar-refractivity contribution in [3.63, 3.8) is 0 Å². The van der Waals surface area contributed by atoms with Gasteiger partial charge in [0.15, 0.2) is 0 Å². The van der Waals surface area contributed by atoms with Crippen molar-refractivity contribution in [2.24, 2.45) is 0 Å². The highest BCUT2D eigenvalue weighted by atomic mass is 32.1. The second-order valence-electron chi connectivity index (χ2n) is 4.41. The number of ether oxygens (including phenoxy) is 1. The van der Waals surface area contributed by atoms with Gasteiger partial charge in [0.1, 0.15) is 16.9 Å². The highest BCUT2D eigenvalue weighted by Crippen LogP contribution is 2.31. The molecule has 2 heterocycles. The molecule has 1 aliphatic rings. The average molecular weight is 293 g/mol. The number of hydrogen-bond donors (Lipinski definition) is 1. The molecule has 1 atom stereocenters. The number of aromatic nitrogens is 2. The highest BCUT2D eigenvalue weighted by molar-refractivity contribution is 7.15. The van der Waals surface area contributed by atoms with E-state index in [9.17, 15) is 9.18 Å². The van der Waals surface area contributed by atoms with Crippen LogP contribution in [0.15, 0.2) is 24.3 Å². The van der Waals surface area contributed by atoms with Crippen LogP contribution in [0.2, 0.25) is 0 Å². The molecule has 0 unspecified atom stereocenters. The number of rotatable bonds is 3. The molecule has 0 bridgehead atoms. The fourth-order valence-electron chi connectivity index (χ4n) is 1.96. The molecule has 1 aromatic carbocycles. The first-order valence-corrected chi connectivity index (χ1v) is 7.06. The Morgan fingerprint density at radius 1 is 1.35 bits per heavy atom. The number of halogens is 1. The van der Waals surface area contributed by atoms with E-state index in [2.05, 4.69) is 15.5 Å². The van der Waals surface area contributed by atoms with Gasteiger partial charge in [-0.15, -0.1) is 10.2 Å². The molecule has 1 amide bonds. The molecule has 0 saturated carbocycles. The predicted molar refractivity (Wildman–Crippen MR) is 72.2 cm³/mol. The van der Waals surface area contributed by atoms with E-state index in [1.807, 2.05) is 0 Å². The van der Waals surface area contributed by atoms with Gasteiger partial charge >= 0.3 is 0 Å². The van der Waals surface area contributed by atoms with Gasteiger partial charge in [-0.3, -0.25) is 10.1 Å². The van der Waals surface area contributed by atoms with Gasteiger partial charge in [-0.25, -0.2) is 4.39 Å². The quantitative estimate of drug-likeness (QED) is 0.945. The van der Waals surface area contributed by atoms with Crippen LogP contribution in [0.4, 0.5) is 9.52 Å². The van der Waals surface area contributed by atoms with Crippen LogP contribution in [0, 0.1) is 5.82 Å². The summed E-state index contributed by atoms with van der Waals surface area (Å²) < 4.78 is 18.3. The molecule has 5 nitrogen and oxygen atoms in total. The molecule has 104 valence electrons. The number of carbonyl (C=O) groups is 1. The first-order chi connectivity index (χ1) is 9.72. The predicted octanol–water partition coefficient (Wildman–Crippen LogP) is 2.78. The Kier molecular flexibility index (Phi) is 3.70. The van der Waals surface area contributed by atoms with Gasteiger partial charge in [-0.05, 0) is 37.1 Å². The van der Waals surface area contributed by atoms with E-state index < -0.39 is 0 Å². The Balaban J connectivity index is 1.68. The van der Waals surface area contributed by atoms with Crippen molar-refractivity contribution in [3.8, 4) is 0 Å². The van der Waals surface area contributed by atoms with Crippen LogP contribution in [0.1, 0.15) is 34.3 Å². The van der Waals surface area contributed by atoms with Crippen molar-refractivity contribution in [2.45, 2.75) is 18.9 Å². The number of anilines is 1. The molecule has 7 heteroatoms. The van der Waals surface area contributed by atoms with Crippen LogP contribution in [-0.4, -0.2) is 22.7 Å². The summed E-state index contributed by atoms with van der Waals surface area (Å²) >= 11 is 1.30. The maximum Gasteiger partial charge on any atom is 0.257 e. The first-order valence-electron chi connectivity index (χ1n) is 6.24. The van der Waals surface area contributed by atoms with Crippen LogP contribution in [0.3, 0.4) is 0 Å². The largest absolute Gasteiger partial charge is 0.371 e. The number of carbonyl (C=O) groups excluding carboxylic acids is 1. The third-order valence-electron chi connectivity index (χ3n) is 2.97. The number of amides is 1. The van der Waals surface area contributed by atoms with Crippen LogP contribution in [0.25, 0.3) is 0 Å². The number of nitrogens with one attached hydrogen (secondary N) is 1. The zero-order valence-electron chi connectivity index (χ0n) is 10.5. The standard InChI is InChI=1S/C13H12FN3O2S/c14-9-5-3-8(4-6-9)11(18)15-13-17-16-12(20-13)10-2-1-7-19-10/h3-6,10H,1-2,7H2,(H,15,17,18)/t10-/m1/s1. The van der Waals surface area contributed by atoms with Gasteiger partial charge in [-0.2, -0.15) is 0 Å². The molecular weight excluding hydrogens is 281 g/mol. The Bertz CT molecular complexity index is 608. The summed E-state index contributed by atoms with van der Waals surface area (Å²) in [4.78, 5) is 11.9. The minimum atomic E-state index is -0.377. The smallest absolute Gasteiger partial charge is 0.257 e. The van der Waals surface area contributed by atoms with E-state index in [0.29, 0.717) is 10.7 Å². The molecule has 1 aliphatic heterocycles. The highest BCUT2D eigenvalue weighted by Gasteiger charge is 2.22. The van der Waals surface area contributed by atoms with E-state index in [0.717, 1.165) is 24.5 Å². The lowest BCUT2D eigenvalue weighted by Gasteiger charge is -2.02. The van der Waals surface area contributed by atoms with Crippen LogP contribution in [0.5, 0.6) is 0 Å². The van der Waals surface area contributed by atoms with Crippen molar-refractivity contribution in [3.05, 3.63) is 40.7 Å². The third-order valence-corrected chi connectivity index (χ3v) is 3.90. The molecule has 0 spiro atoms. The summed E-state index contributed by atoms with van der Waals surface area (Å²) in [5.41, 5.74) is 0.375. The molecule has 1 saturated heterocycles. The number of hydrogen-bond acceptors (Lipinski definition) is 5. The van der Waals surface area contributed by atoms with Crippen molar-refractivity contribution in [1.82, 2.24) is 10.2 Å². The van der Waals surface area contributed by atoms with Crippen LogP contribution >= 0.6 is 11.3 Å². The Morgan fingerprint density at radius 3 is 2.85 bits per heavy atom.